The van der Waals surface area contributed by atoms with E-state index in [1.165, 1.54) is 50.1 Å². The van der Waals surface area contributed by atoms with Crippen LogP contribution in [0.5, 0.6) is 0 Å². The van der Waals surface area contributed by atoms with Crippen LogP contribution in [0.2, 0.25) is 13.1 Å². The number of halogens is 2. The molecule has 0 bridgehead atoms. The molecule has 0 saturated heterocycles. The van der Waals surface area contributed by atoms with Gasteiger partial charge in [0, 0.05) is 0 Å². The summed E-state index contributed by atoms with van der Waals surface area (Å²) in [6, 6.07) is 31.0. The van der Waals surface area contributed by atoms with Crippen molar-refractivity contribution in [2.75, 3.05) is 0 Å². The molecule has 0 aromatic heterocycles. The van der Waals surface area contributed by atoms with E-state index >= 15 is 0 Å². The maximum Gasteiger partial charge on any atom is -1.00 e. The van der Waals surface area contributed by atoms with Gasteiger partial charge in [0.15, 0.2) is 0 Å². The van der Waals surface area contributed by atoms with Gasteiger partial charge in [0.2, 0.25) is 0 Å². The van der Waals surface area contributed by atoms with Gasteiger partial charge in [-0.15, -0.1) is 0 Å². The first-order chi connectivity index (χ1) is 21.6. The second-order valence-corrected chi connectivity index (χ2v) is 21.4. The summed E-state index contributed by atoms with van der Waals surface area (Å²) < 4.78 is 0.547. The Labute approximate surface area is 319 Å². The third kappa shape index (κ3) is 6.86. The van der Waals surface area contributed by atoms with Crippen LogP contribution in [0.25, 0.3) is 33.9 Å². The zero-order chi connectivity index (χ0) is 33.3. The summed E-state index contributed by atoms with van der Waals surface area (Å²) in [6.45, 7) is 26.1. The summed E-state index contributed by atoms with van der Waals surface area (Å²) in [7, 11) is -1.12. The van der Waals surface area contributed by atoms with Gasteiger partial charge in [0.25, 0.3) is 0 Å². The fraction of sp³-hybridized carbons (Fsp3) is 0.364. The molecule has 0 saturated carbocycles. The average molecular weight is 857 g/mol. The van der Waals surface area contributed by atoms with Crippen molar-refractivity contribution in [2.45, 2.75) is 95.8 Å². The maximum atomic E-state index is 2.53. The van der Waals surface area contributed by atoms with Crippen molar-refractivity contribution < 1.29 is 49.2 Å². The van der Waals surface area contributed by atoms with Crippen LogP contribution in [-0.2, 0) is 35.2 Å². The number of fused-ring (bicyclic) bond motifs is 2. The Morgan fingerprint density at radius 1 is 0.667 bits per heavy atom. The molecule has 6 rings (SSSR count). The molecule has 0 radical (unpaired) electrons. The molecule has 0 heterocycles. The van der Waals surface area contributed by atoms with Crippen LogP contribution in [0, 0.1) is 5.92 Å². The normalized spacial score (nSPS) is 17.3. The second-order valence-electron chi connectivity index (χ2n) is 16.4. The van der Waals surface area contributed by atoms with Gasteiger partial charge in [-0.25, -0.2) is 0 Å². The van der Waals surface area contributed by atoms with Crippen LogP contribution in [0.15, 0.2) is 90.0 Å². The summed E-state index contributed by atoms with van der Waals surface area (Å²) in [5, 5.41) is 1.60. The predicted molar refractivity (Wildman–Crippen MR) is 201 cm³/mol. The van der Waals surface area contributed by atoms with Crippen molar-refractivity contribution in [3.8, 4) is 22.3 Å². The third-order valence-corrected chi connectivity index (χ3v) is 14.3. The standard InChI is InChI=1S/C44H51Si.2ClH.Hf/c1-27(2)36-26-31-19-24-38(45(10)11)40(30-17-22-33(23-18-30)44(7,8)9)41(31)42(36)39-28(3)25-37-34(13-12-14-35(37)39)29-15-20-32(21-16-29)43(4,5)6;;;/h12-27,39,45H,1-11H3;2*1H;/q;;;+2/p-2. The number of hydrogen-bond donors (Lipinski definition) is 0. The number of rotatable bonds is 5. The SMILES string of the molecule is CC1=Cc2c(-c3ccc(C(C)(C)C)cc3)cccc2C1C1=C(C(C)C)[CH]([Hf+2])c2ccc([SiH](C)C)c(-c3ccc(C(C)(C)C)cc3)c21.[Cl-].[Cl-]. The van der Waals surface area contributed by atoms with E-state index in [0.717, 1.165) is 24.4 Å². The van der Waals surface area contributed by atoms with Crippen LogP contribution >= 0.6 is 0 Å². The van der Waals surface area contributed by atoms with E-state index in [1.54, 1.807) is 27.5 Å². The largest absolute Gasteiger partial charge is 1.00 e. The molecule has 48 heavy (non-hydrogen) atoms. The van der Waals surface area contributed by atoms with Gasteiger partial charge in [-0.1, -0.05) is 20.8 Å². The smallest absolute Gasteiger partial charge is 1.00 e. The van der Waals surface area contributed by atoms with Gasteiger partial charge in [0.05, 0.1) is 0 Å². The van der Waals surface area contributed by atoms with Gasteiger partial charge >= 0.3 is 277 Å². The van der Waals surface area contributed by atoms with E-state index in [-0.39, 0.29) is 41.6 Å². The summed E-state index contributed by atoms with van der Waals surface area (Å²) >= 11 is 1.12. The Kier molecular flexibility index (Phi) is 11.6. The summed E-state index contributed by atoms with van der Waals surface area (Å²) in [4.78, 5) is 0. The topological polar surface area (TPSA) is 0 Å². The molecule has 2 unspecified atom stereocenters. The van der Waals surface area contributed by atoms with E-state index < -0.39 is 8.80 Å². The first-order valence-electron chi connectivity index (χ1n) is 17.2. The van der Waals surface area contributed by atoms with Crippen molar-refractivity contribution in [2.24, 2.45) is 5.92 Å². The minimum Gasteiger partial charge on any atom is -1.00 e. The fourth-order valence-corrected chi connectivity index (χ4v) is 11.8. The van der Waals surface area contributed by atoms with Crippen molar-refractivity contribution in [3.05, 3.63) is 123 Å². The van der Waals surface area contributed by atoms with Crippen molar-refractivity contribution >= 4 is 25.6 Å². The molecule has 4 aromatic carbocycles. The molecule has 0 nitrogen and oxygen atoms in total. The maximum absolute atomic E-state index is 2.53. The van der Waals surface area contributed by atoms with Gasteiger partial charge < -0.3 is 24.8 Å². The van der Waals surface area contributed by atoms with Crippen LogP contribution in [0.1, 0.15) is 105 Å². The van der Waals surface area contributed by atoms with Crippen molar-refractivity contribution in [3.63, 3.8) is 0 Å². The molecule has 0 aliphatic heterocycles. The Balaban J connectivity index is 0.00000260. The first-order valence-corrected chi connectivity index (χ1v) is 22.2. The Hall–Kier alpha value is -1.97. The van der Waals surface area contributed by atoms with Gasteiger partial charge in [-0.05, 0) is 0 Å². The number of allylic oxidation sites excluding steroid dienone is 3. The minimum atomic E-state index is -1.12. The quantitative estimate of drug-likeness (QED) is 0.232. The molecule has 2 aliphatic carbocycles. The molecule has 2 aliphatic rings. The number of benzene rings is 4. The van der Waals surface area contributed by atoms with Gasteiger partial charge in [0.1, 0.15) is 0 Å². The van der Waals surface area contributed by atoms with E-state index in [9.17, 15) is 0 Å². The molecular weight excluding hydrogens is 806 g/mol. The van der Waals surface area contributed by atoms with E-state index in [0.29, 0.717) is 9.59 Å². The zero-order valence-corrected chi connectivity index (χ0v) is 36.9. The van der Waals surface area contributed by atoms with Crippen LogP contribution in [-0.4, -0.2) is 8.80 Å². The molecule has 0 spiro atoms. The summed E-state index contributed by atoms with van der Waals surface area (Å²) in [5.74, 6) is 0.793. The first kappa shape index (κ1) is 38.8. The van der Waals surface area contributed by atoms with Gasteiger partial charge in [-0.3, -0.25) is 0 Å². The fourth-order valence-electron chi connectivity index (χ4n) is 7.85. The van der Waals surface area contributed by atoms with Crippen LogP contribution in [0.3, 0.4) is 0 Å². The molecule has 0 fully saturated rings. The van der Waals surface area contributed by atoms with E-state index in [4.69, 9.17) is 0 Å². The minimum absolute atomic E-state index is 0. The Morgan fingerprint density at radius 3 is 1.71 bits per heavy atom. The van der Waals surface area contributed by atoms with E-state index in [2.05, 4.69) is 160 Å². The average Bonchev–Trinajstić information content (AvgIpc) is 3.48. The summed E-state index contributed by atoms with van der Waals surface area (Å²) in [5.41, 5.74) is 19.5. The molecule has 4 aromatic rings. The van der Waals surface area contributed by atoms with Gasteiger partial charge in [-0.2, -0.15) is 0 Å². The van der Waals surface area contributed by atoms with Crippen LogP contribution < -0.4 is 30.0 Å². The second kappa shape index (κ2) is 14.3. The summed E-state index contributed by atoms with van der Waals surface area (Å²) in [6.07, 6.45) is 2.51. The molecule has 249 valence electrons. The monoisotopic (exact) mass is 857 g/mol. The Bertz CT molecular complexity index is 1860. The molecule has 4 heteroatoms. The molecule has 0 amide bonds. The zero-order valence-electron chi connectivity index (χ0n) is 30.6. The van der Waals surface area contributed by atoms with Crippen molar-refractivity contribution in [1.82, 2.24) is 0 Å². The molecular formula is C44H51Cl2HfSi. The predicted octanol–water partition coefficient (Wildman–Crippen LogP) is 5.53. The van der Waals surface area contributed by atoms with E-state index in [1.807, 2.05) is 0 Å². The molecule has 2 atom stereocenters. The molecule has 0 N–H and O–H groups in total. The Morgan fingerprint density at radius 2 is 1.21 bits per heavy atom. The third-order valence-electron chi connectivity index (χ3n) is 10.4. The number of hydrogen-bond acceptors (Lipinski definition) is 0. The van der Waals surface area contributed by atoms with Crippen LogP contribution in [0.4, 0.5) is 0 Å². The van der Waals surface area contributed by atoms with Crippen molar-refractivity contribution in [1.29, 1.82) is 0 Å².